The predicted octanol–water partition coefficient (Wildman–Crippen LogP) is 13.7. The van der Waals surface area contributed by atoms with E-state index in [1.165, 1.54) is 96.3 Å². The van der Waals surface area contributed by atoms with E-state index in [0.29, 0.717) is 6.42 Å². The molecule has 0 bridgehead atoms. The van der Waals surface area contributed by atoms with E-state index in [4.69, 9.17) is 9.84 Å². The van der Waals surface area contributed by atoms with E-state index >= 15 is 0 Å². The molecule has 0 radical (unpaired) electrons. The molecule has 0 amide bonds. The van der Waals surface area contributed by atoms with Gasteiger partial charge < -0.3 is 9.84 Å². The molecule has 4 nitrogen and oxygen atoms in total. The number of ether oxygens (including phenoxy) is 1. The Bertz CT molecular complexity index is 835. The van der Waals surface area contributed by atoms with E-state index in [1.54, 1.807) is 0 Å². The molecule has 1 unspecified atom stereocenters. The highest BCUT2D eigenvalue weighted by atomic mass is 16.5. The zero-order valence-corrected chi connectivity index (χ0v) is 30.8. The Morgan fingerprint density at radius 1 is 0.489 bits per heavy atom. The Labute approximate surface area is 291 Å². The van der Waals surface area contributed by atoms with Crippen LogP contribution in [0.15, 0.2) is 60.8 Å². The summed E-state index contributed by atoms with van der Waals surface area (Å²) in [6.07, 6.45) is 52.5. The Morgan fingerprint density at radius 2 is 0.894 bits per heavy atom. The summed E-state index contributed by atoms with van der Waals surface area (Å²) < 4.78 is 5.89. The number of carboxylic acids is 1. The molecule has 0 saturated carbocycles. The van der Waals surface area contributed by atoms with Gasteiger partial charge in [-0.25, -0.2) is 0 Å². The SMILES string of the molecule is CCCCC/C=C\C/C=C\C/C=C\C(CCCCCCCC(=O)O)OC(=O)CCCCCCCCC/C=C\C/C=C\CCCCCC. The van der Waals surface area contributed by atoms with Crippen LogP contribution in [-0.2, 0) is 14.3 Å². The molecule has 270 valence electrons. The first kappa shape index (κ1) is 44.6. The minimum absolute atomic E-state index is 0.0806. The quantitative estimate of drug-likeness (QED) is 0.0419. The monoisotopic (exact) mass is 655 g/mol. The number of allylic oxidation sites excluding steroid dienone is 9. The van der Waals surface area contributed by atoms with Crippen molar-refractivity contribution in [3.05, 3.63) is 60.8 Å². The first-order valence-corrected chi connectivity index (χ1v) is 19.8. The summed E-state index contributed by atoms with van der Waals surface area (Å²) >= 11 is 0. The number of carbonyl (C=O) groups excluding carboxylic acids is 1. The summed E-state index contributed by atoms with van der Waals surface area (Å²) in [5.74, 6) is -0.798. The molecular formula is C43H74O4. The van der Waals surface area contributed by atoms with E-state index in [1.807, 2.05) is 0 Å². The van der Waals surface area contributed by atoms with Crippen LogP contribution in [0.4, 0.5) is 0 Å². The van der Waals surface area contributed by atoms with Crippen molar-refractivity contribution >= 4 is 11.9 Å². The van der Waals surface area contributed by atoms with Crippen molar-refractivity contribution in [3.63, 3.8) is 0 Å². The first-order chi connectivity index (χ1) is 23.1. The average Bonchev–Trinajstić information content (AvgIpc) is 3.05. The van der Waals surface area contributed by atoms with Gasteiger partial charge in [-0.3, -0.25) is 9.59 Å². The van der Waals surface area contributed by atoms with Crippen LogP contribution in [0, 0.1) is 0 Å². The van der Waals surface area contributed by atoms with Gasteiger partial charge in [0.15, 0.2) is 0 Å². The van der Waals surface area contributed by atoms with Crippen molar-refractivity contribution in [3.8, 4) is 0 Å². The Morgan fingerprint density at radius 3 is 1.45 bits per heavy atom. The second-order valence-corrected chi connectivity index (χ2v) is 13.1. The highest BCUT2D eigenvalue weighted by molar-refractivity contribution is 5.69. The third-order valence-corrected chi connectivity index (χ3v) is 8.45. The van der Waals surface area contributed by atoms with Gasteiger partial charge in [0.1, 0.15) is 6.10 Å². The summed E-state index contributed by atoms with van der Waals surface area (Å²) in [7, 11) is 0. The molecule has 0 saturated heterocycles. The first-order valence-electron chi connectivity index (χ1n) is 19.8. The average molecular weight is 655 g/mol. The normalized spacial score (nSPS) is 12.9. The van der Waals surface area contributed by atoms with E-state index in [0.717, 1.165) is 70.6 Å². The van der Waals surface area contributed by atoms with Gasteiger partial charge in [0.05, 0.1) is 0 Å². The lowest BCUT2D eigenvalue weighted by Crippen LogP contribution is -2.16. The minimum Gasteiger partial charge on any atom is -0.481 e. The molecule has 47 heavy (non-hydrogen) atoms. The number of hydrogen-bond donors (Lipinski definition) is 1. The van der Waals surface area contributed by atoms with E-state index in [-0.39, 0.29) is 18.5 Å². The second-order valence-electron chi connectivity index (χ2n) is 13.1. The lowest BCUT2D eigenvalue weighted by Gasteiger charge is -2.14. The largest absolute Gasteiger partial charge is 0.481 e. The van der Waals surface area contributed by atoms with Crippen LogP contribution in [0.5, 0.6) is 0 Å². The topological polar surface area (TPSA) is 63.6 Å². The smallest absolute Gasteiger partial charge is 0.306 e. The second kappa shape index (κ2) is 38.1. The molecule has 1 atom stereocenters. The molecule has 0 rings (SSSR count). The highest BCUT2D eigenvalue weighted by Gasteiger charge is 2.11. The summed E-state index contributed by atoms with van der Waals surface area (Å²) in [5, 5.41) is 8.81. The molecule has 1 N–H and O–H groups in total. The van der Waals surface area contributed by atoms with Crippen molar-refractivity contribution in [2.45, 2.75) is 200 Å². The van der Waals surface area contributed by atoms with Gasteiger partial charge >= 0.3 is 11.9 Å². The van der Waals surface area contributed by atoms with Crippen LogP contribution in [0.3, 0.4) is 0 Å². The van der Waals surface area contributed by atoms with Crippen molar-refractivity contribution < 1.29 is 19.4 Å². The molecule has 0 spiro atoms. The molecule has 0 heterocycles. The fourth-order valence-corrected chi connectivity index (χ4v) is 5.49. The Hall–Kier alpha value is -2.36. The third kappa shape index (κ3) is 38.0. The summed E-state index contributed by atoms with van der Waals surface area (Å²) in [6, 6.07) is 0. The zero-order valence-electron chi connectivity index (χ0n) is 30.8. The van der Waals surface area contributed by atoms with E-state index in [9.17, 15) is 9.59 Å². The van der Waals surface area contributed by atoms with Gasteiger partial charge in [-0.05, 0) is 89.5 Å². The van der Waals surface area contributed by atoms with Crippen molar-refractivity contribution in [1.82, 2.24) is 0 Å². The minimum atomic E-state index is -0.718. The van der Waals surface area contributed by atoms with Gasteiger partial charge in [-0.2, -0.15) is 0 Å². The fraction of sp³-hybridized carbons (Fsp3) is 0.721. The van der Waals surface area contributed by atoms with Crippen molar-refractivity contribution in [1.29, 1.82) is 0 Å². The van der Waals surface area contributed by atoms with Crippen molar-refractivity contribution in [2.75, 3.05) is 0 Å². The lowest BCUT2D eigenvalue weighted by atomic mass is 10.1. The lowest BCUT2D eigenvalue weighted by molar-refractivity contribution is -0.147. The molecule has 0 fully saturated rings. The van der Waals surface area contributed by atoms with Gasteiger partial charge in [0.25, 0.3) is 0 Å². The van der Waals surface area contributed by atoms with Gasteiger partial charge in [-0.15, -0.1) is 0 Å². The van der Waals surface area contributed by atoms with Gasteiger partial charge in [0, 0.05) is 12.8 Å². The van der Waals surface area contributed by atoms with Crippen molar-refractivity contribution in [2.24, 2.45) is 0 Å². The Balaban J connectivity index is 4.14. The van der Waals surface area contributed by atoms with E-state index in [2.05, 4.69) is 74.6 Å². The fourth-order valence-electron chi connectivity index (χ4n) is 5.49. The summed E-state index contributed by atoms with van der Waals surface area (Å²) in [5.41, 5.74) is 0. The van der Waals surface area contributed by atoms with Crippen LogP contribution < -0.4 is 0 Å². The maximum atomic E-state index is 12.6. The van der Waals surface area contributed by atoms with Crippen LogP contribution >= 0.6 is 0 Å². The van der Waals surface area contributed by atoms with Crippen LogP contribution in [0.1, 0.15) is 194 Å². The van der Waals surface area contributed by atoms with Crippen LogP contribution in [0.2, 0.25) is 0 Å². The Kier molecular flexibility index (Phi) is 36.2. The standard InChI is InChI=1S/C43H74O4/c1-3-5-7-9-11-13-15-16-17-18-19-20-21-23-25-27-32-36-40-43(46)47-41(38-34-30-28-31-35-39-42(44)45)37-33-29-26-24-22-14-12-10-8-6-4-2/h12-15,17-18,24,26,33,37,41H,3-11,16,19-23,25,27-32,34-36,38-40H2,1-2H3,(H,44,45)/b14-12-,15-13-,18-17-,26-24-,37-33-. The number of unbranched alkanes of at least 4 members (excludes halogenated alkanes) is 18. The van der Waals surface area contributed by atoms with Crippen LogP contribution in [-0.4, -0.2) is 23.1 Å². The number of rotatable bonds is 35. The summed E-state index contributed by atoms with van der Waals surface area (Å²) in [6.45, 7) is 4.49. The molecule has 4 heteroatoms. The van der Waals surface area contributed by atoms with Gasteiger partial charge in [0.2, 0.25) is 0 Å². The zero-order chi connectivity index (χ0) is 34.3. The number of hydrogen-bond acceptors (Lipinski definition) is 3. The molecular weight excluding hydrogens is 580 g/mol. The summed E-state index contributed by atoms with van der Waals surface area (Å²) in [4.78, 5) is 23.3. The molecule has 0 aliphatic carbocycles. The predicted molar refractivity (Wildman–Crippen MR) is 204 cm³/mol. The number of esters is 1. The van der Waals surface area contributed by atoms with E-state index < -0.39 is 5.97 Å². The maximum absolute atomic E-state index is 12.6. The molecule has 0 aliphatic heterocycles. The third-order valence-electron chi connectivity index (χ3n) is 8.45. The highest BCUT2D eigenvalue weighted by Crippen LogP contribution is 2.15. The van der Waals surface area contributed by atoms with Crippen LogP contribution in [0.25, 0.3) is 0 Å². The number of aliphatic carboxylic acids is 1. The number of carbonyl (C=O) groups is 2. The molecule has 0 aliphatic rings. The molecule has 0 aromatic carbocycles. The van der Waals surface area contributed by atoms with Gasteiger partial charge in [-0.1, -0.05) is 152 Å². The molecule has 0 aromatic rings. The molecule has 0 aromatic heterocycles. The maximum Gasteiger partial charge on any atom is 0.306 e. The number of carboxylic acid groups (broad SMARTS) is 1.